The predicted molar refractivity (Wildman–Crippen MR) is 92.7 cm³/mol. The van der Waals surface area contributed by atoms with Crippen molar-refractivity contribution in [2.75, 3.05) is 11.9 Å². The summed E-state index contributed by atoms with van der Waals surface area (Å²) in [4.78, 5) is 20.8. The number of carbonyl (C=O) groups excluding carboxylic acids is 1. The summed E-state index contributed by atoms with van der Waals surface area (Å²) in [6.45, 7) is 0.147. The second kappa shape index (κ2) is 6.49. The molecule has 7 heteroatoms. The fraction of sp³-hybridized carbons (Fsp3) is 0.471. The SMILES string of the molecule is O=C(Nc1nc(-c2cccnc2)cs1)N[C@H]1[C@H]2CC[C@@H](C2)[C@H]1CO. The molecule has 2 heterocycles. The zero-order chi connectivity index (χ0) is 16.5. The first kappa shape index (κ1) is 15.5. The molecule has 2 aromatic heterocycles. The maximum atomic E-state index is 12.3. The number of hydrogen-bond donors (Lipinski definition) is 3. The van der Waals surface area contributed by atoms with Gasteiger partial charge in [0.2, 0.25) is 0 Å². The molecular formula is C17H20N4O2S. The maximum Gasteiger partial charge on any atom is 0.321 e. The fourth-order valence-electron chi connectivity index (χ4n) is 4.16. The number of pyridine rings is 1. The number of anilines is 1. The third-order valence-electron chi connectivity index (χ3n) is 5.28. The molecule has 0 aliphatic heterocycles. The van der Waals surface area contributed by atoms with Gasteiger partial charge in [0.25, 0.3) is 0 Å². The topological polar surface area (TPSA) is 87.1 Å². The van der Waals surface area contributed by atoms with Crippen LogP contribution in [0, 0.1) is 17.8 Å². The molecule has 0 aromatic carbocycles. The Kier molecular flexibility index (Phi) is 4.20. The van der Waals surface area contributed by atoms with E-state index in [1.165, 1.54) is 17.8 Å². The predicted octanol–water partition coefficient (Wildman–Crippen LogP) is 2.73. The molecule has 2 aliphatic carbocycles. The van der Waals surface area contributed by atoms with Gasteiger partial charge in [-0.3, -0.25) is 10.3 Å². The number of urea groups is 1. The molecule has 2 fully saturated rings. The van der Waals surface area contributed by atoms with Gasteiger partial charge in [0.1, 0.15) is 0 Å². The average molecular weight is 344 g/mol. The lowest BCUT2D eigenvalue weighted by Gasteiger charge is -2.30. The molecule has 126 valence electrons. The Morgan fingerprint density at radius 2 is 2.25 bits per heavy atom. The highest BCUT2D eigenvalue weighted by molar-refractivity contribution is 7.14. The van der Waals surface area contributed by atoms with Crippen molar-refractivity contribution in [2.24, 2.45) is 17.8 Å². The molecule has 2 amide bonds. The van der Waals surface area contributed by atoms with Gasteiger partial charge in [0.15, 0.2) is 5.13 Å². The Hall–Kier alpha value is -1.99. The lowest BCUT2D eigenvalue weighted by molar-refractivity contribution is 0.146. The molecule has 2 aromatic rings. The van der Waals surface area contributed by atoms with Crippen molar-refractivity contribution in [1.82, 2.24) is 15.3 Å². The molecule has 4 rings (SSSR count). The van der Waals surface area contributed by atoms with Gasteiger partial charge >= 0.3 is 6.03 Å². The van der Waals surface area contributed by atoms with Crippen LogP contribution in [0.3, 0.4) is 0 Å². The molecule has 2 aliphatic rings. The van der Waals surface area contributed by atoms with Gasteiger partial charge in [-0.05, 0) is 43.2 Å². The van der Waals surface area contributed by atoms with Crippen molar-refractivity contribution in [3.63, 3.8) is 0 Å². The van der Waals surface area contributed by atoms with Gasteiger partial charge in [-0.1, -0.05) is 0 Å². The van der Waals surface area contributed by atoms with Crippen molar-refractivity contribution in [3.05, 3.63) is 29.9 Å². The first-order chi connectivity index (χ1) is 11.7. The fourth-order valence-corrected chi connectivity index (χ4v) is 4.88. The first-order valence-corrected chi connectivity index (χ1v) is 9.17. The van der Waals surface area contributed by atoms with Crippen LogP contribution in [0.5, 0.6) is 0 Å². The van der Waals surface area contributed by atoms with E-state index in [0.717, 1.165) is 24.1 Å². The zero-order valence-electron chi connectivity index (χ0n) is 13.2. The van der Waals surface area contributed by atoms with E-state index in [1.54, 1.807) is 12.4 Å². The van der Waals surface area contributed by atoms with Crippen LogP contribution in [-0.4, -0.2) is 33.8 Å². The summed E-state index contributed by atoms with van der Waals surface area (Å²) >= 11 is 1.39. The number of carbonyl (C=O) groups is 1. The van der Waals surface area contributed by atoms with E-state index in [1.807, 2.05) is 17.5 Å². The van der Waals surface area contributed by atoms with Gasteiger partial charge in [-0.2, -0.15) is 0 Å². The van der Waals surface area contributed by atoms with Crippen molar-refractivity contribution >= 4 is 22.5 Å². The normalized spacial score (nSPS) is 28.0. The highest BCUT2D eigenvalue weighted by Crippen LogP contribution is 2.48. The Bertz CT molecular complexity index is 720. The third kappa shape index (κ3) is 2.89. The van der Waals surface area contributed by atoms with Gasteiger partial charge in [0.05, 0.1) is 5.69 Å². The molecule has 2 saturated carbocycles. The van der Waals surface area contributed by atoms with Crippen molar-refractivity contribution in [3.8, 4) is 11.3 Å². The van der Waals surface area contributed by atoms with Crippen molar-refractivity contribution in [1.29, 1.82) is 0 Å². The molecule has 24 heavy (non-hydrogen) atoms. The number of nitrogens with one attached hydrogen (secondary N) is 2. The Morgan fingerprint density at radius 1 is 1.38 bits per heavy atom. The van der Waals surface area contributed by atoms with Crippen LogP contribution < -0.4 is 10.6 Å². The molecule has 6 nitrogen and oxygen atoms in total. The largest absolute Gasteiger partial charge is 0.396 e. The Balaban J connectivity index is 1.39. The quantitative estimate of drug-likeness (QED) is 0.796. The van der Waals surface area contributed by atoms with Crippen LogP contribution >= 0.6 is 11.3 Å². The Morgan fingerprint density at radius 3 is 3.04 bits per heavy atom. The smallest absolute Gasteiger partial charge is 0.321 e. The summed E-state index contributed by atoms with van der Waals surface area (Å²) in [7, 11) is 0. The third-order valence-corrected chi connectivity index (χ3v) is 6.04. The minimum Gasteiger partial charge on any atom is -0.396 e. The molecule has 0 spiro atoms. The Labute approximate surface area is 144 Å². The number of amides is 2. The summed E-state index contributed by atoms with van der Waals surface area (Å²) in [5.74, 6) is 1.25. The van der Waals surface area contributed by atoms with E-state index in [-0.39, 0.29) is 24.6 Å². The van der Waals surface area contributed by atoms with E-state index in [0.29, 0.717) is 17.0 Å². The second-order valence-corrected chi connectivity index (χ2v) is 7.44. The second-order valence-electron chi connectivity index (χ2n) is 6.58. The molecule has 4 atom stereocenters. The number of thiazole rings is 1. The molecular weight excluding hydrogens is 324 g/mol. The minimum atomic E-state index is -0.238. The van der Waals surface area contributed by atoms with Crippen LogP contribution in [0.2, 0.25) is 0 Å². The molecule has 0 unspecified atom stereocenters. The summed E-state index contributed by atoms with van der Waals surface area (Å²) in [6.07, 6.45) is 6.92. The monoisotopic (exact) mass is 344 g/mol. The lowest BCUT2D eigenvalue weighted by Crippen LogP contribution is -2.46. The number of rotatable bonds is 4. The van der Waals surface area contributed by atoms with Gasteiger partial charge in [0, 0.05) is 41.9 Å². The number of nitrogens with zero attached hydrogens (tertiary/aromatic N) is 2. The number of aliphatic hydroxyl groups is 1. The summed E-state index contributed by atoms with van der Waals surface area (Å²) in [5, 5.41) is 17.9. The highest BCUT2D eigenvalue weighted by atomic mass is 32.1. The van der Waals surface area contributed by atoms with E-state index >= 15 is 0 Å². The molecule has 3 N–H and O–H groups in total. The van der Waals surface area contributed by atoms with Gasteiger partial charge in [-0.15, -0.1) is 11.3 Å². The minimum absolute atomic E-state index is 0.0755. The molecule has 0 radical (unpaired) electrons. The van der Waals surface area contributed by atoms with E-state index < -0.39 is 0 Å². The van der Waals surface area contributed by atoms with Crippen molar-refractivity contribution < 1.29 is 9.90 Å². The van der Waals surface area contributed by atoms with Crippen LogP contribution in [0.4, 0.5) is 9.93 Å². The zero-order valence-corrected chi connectivity index (χ0v) is 14.0. The summed E-state index contributed by atoms with van der Waals surface area (Å²) in [6, 6.07) is 3.63. The lowest BCUT2D eigenvalue weighted by atomic mass is 9.85. The number of aliphatic hydroxyl groups excluding tert-OH is 1. The van der Waals surface area contributed by atoms with Crippen molar-refractivity contribution in [2.45, 2.75) is 25.3 Å². The van der Waals surface area contributed by atoms with Crippen LogP contribution in [0.15, 0.2) is 29.9 Å². The van der Waals surface area contributed by atoms with E-state index in [2.05, 4.69) is 20.6 Å². The number of fused-ring (bicyclic) bond motifs is 2. The van der Waals surface area contributed by atoms with Crippen LogP contribution in [0.1, 0.15) is 19.3 Å². The van der Waals surface area contributed by atoms with Crippen LogP contribution in [-0.2, 0) is 0 Å². The van der Waals surface area contributed by atoms with Crippen LogP contribution in [0.25, 0.3) is 11.3 Å². The number of hydrogen-bond acceptors (Lipinski definition) is 5. The first-order valence-electron chi connectivity index (χ1n) is 8.29. The summed E-state index contributed by atoms with van der Waals surface area (Å²) < 4.78 is 0. The molecule has 0 saturated heterocycles. The highest BCUT2D eigenvalue weighted by Gasteiger charge is 2.47. The number of aromatic nitrogens is 2. The average Bonchev–Trinajstić information content (AvgIpc) is 3.31. The molecule has 2 bridgehead atoms. The standard InChI is InChI=1S/C17H20N4O2S/c22-8-13-10-3-4-11(6-10)15(13)20-16(23)21-17-19-14(9-24-17)12-2-1-5-18-7-12/h1-2,5,7,9-11,13,15,22H,3-4,6,8H2,(H2,19,20,21,23)/t10-,11-,13+,15-/m0/s1. The van der Waals surface area contributed by atoms with Gasteiger partial charge in [-0.25, -0.2) is 9.78 Å². The van der Waals surface area contributed by atoms with E-state index in [4.69, 9.17) is 0 Å². The maximum absolute atomic E-state index is 12.3. The van der Waals surface area contributed by atoms with E-state index in [9.17, 15) is 9.90 Å². The summed E-state index contributed by atoms with van der Waals surface area (Å²) in [5.41, 5.74) is 1.73. The van der Waals surface area contributed by atoms with Gasteiger partial charge < -0.3 is 10.4 Å².